The molecule has 0 radical (unpaired) electrons. The number of piperidine rings is 1. The number of unbranched alkanes of at least 4 members (excludes halogenated alkanes) is 1. The van der Waals surface area contributed by atoms with Gasteiger partial charge >= 0.3 is 0 Å². The second-order valence-corrected chi connectivity index (χ2v) is 8.13. The summed E-state index contributed by atoms with van der Waals surface area (Å²) in [5.74, 6) is 0.988. The summed E-state index contributed by atoms with van der Waals surface area (Å²) in [5, 5.41) is 6.93. The zero-order valence-corrected chi connectivity index (χ0v) is 18.2. The summed E-state index contributed by atoms with van der Waals surface area (Å²) in [7, 11) is 2.22. The molecular formula is C21H44N6. The molecule has 2 saturated heterocycles. The van der Waals surface area contributed by atoms with Gasteiger partial charge in [0.15, 0.2) is 5.96 Å². The van der Waals surface area contributed by atoms with Gasteiger partial charge in [0, 0.05) is 58.4 Å². The van der Waals surface area contributed by atoms with Crippen LogP contribution in [0.3, 0.4) is 0 Å². The van der Waals surface area contributed by atoms with Gasteiger partial charge in [0.2, 0.25) is 0 Å². The van der Waals surface area contributed by atoms with Crippen LogP contribution in [0.2, 0.25) is 0 Å². The van der Waals surface area contributed by atoms with Crippen LogP contribution in [0.15, 0.2) is 4.99 Å². The summed E-state index contributed by atoms with van der Waals surface area (Å²) in [6.45, 7) is 15.8. The fourth-order valence-electron chi connectivity index (χ4n) is 4.19. The first-order valence-corrected chi connectivity index (χ1v) is 11.4. The first-order valence-electron chi connectivity index (χ1n) is 11.4. The Bertz CT molecular complexity index is 405. The van der Waals surface area contributed by atoms with Crippen molar-refractivity contribution >= 4 is 5.96 Å². The topological polar surface area (TPSA) is 46.1 Å². The molecular weight excluding hydrogens is 336 g/mol. The Kier molecular flexibility index (Phi) is 11.1. The van der Waals surface area contributed by atoms with Crippen molar-refractivity contribution in [1.29, 1.82) is 0 Å². The maximum atomic E-state index is 4.78. The predicted octanol–water partition coefficient (Wildman–Crippen LogP) is 1.83. The summed E-state index contributed by atoms with van der Waals surface area (Å²) in [4.78, 5) is 12.5. The molecule has 0 saturated carbocycles. The molecule has 0 aromatic heterocycles. The molecule has 2 rings (SSSR count). The van der Waals surface area contributed by atoms with Crippen LogP contribution in [-0.4, -0.2) is 99.2 Å². The SMILES string of the molecule is CCNC(=NCCCCN1CCN(C)CC1)NCCN1CCCCC1CC. The molecule has 2 fully saturated rings. The Morgan fingerprint density at radius 3 is 2.52 bits per heavy atom. The number of likely N-dealkylation sites (tertiary alicyclic amines) is 1. The number of guanidine groups is 1. The fourth-order valence-corrected chi connectivity index (χ4v) is 4.19. The fraction of sp³-hybridized carbons (Fsp3) is 0.952. The molecule has 1 unspecified atom stereocenters. The van der Waals surface area contributed by atoms with E-state index in [1.54, 1.807) is 0 Å². The monoisotopic (exact) mass is 380 g/mol. The minimum absolute atomic E-state index is 0.787. The third kappa shape index (κ3) is 8.79. The van der Waals surface area contributed by atoms with Crippen LogP contribution < -0.4 is 10.6 Å². The maximum absolute atomic E-state index is 4.78. The van der Waals surface area contributed by atoms with E-state index in [0.717, 1.165) is 38.2 Å². The highest BCUT2D eigenvalue weighted by atomic mass is 15.2. The van der Waals surface area contributed by atoms with Crippen LogP contribution >= 0.6 is 0 Å². The van der Waals surface area contributed by atoms with E-state index in [4.69, 9.17) is 4.99 Å². The first kappa shape index (κ1) is 22.4. The highest BCUT2D eigenvalue weighted by molar-refractivity contribution is 5.79. The zero-order chi connectivity index (χ0) is 19.3. The van der Waals surface area contributed by atoms with Crippen molar-refractivity contribution in [3.63, 3.8) is 0 Å². The molecule has 6 heteroatoms. The molecule has 2 heterocycles. The van der Waals surface area contributed by atoms with Gasteiger partial charge in [0.1, 0.15) is 0 Å². The highest BCUT2D eigenvalue weighted by Gasteiger charge is 2.20. The standard InChI is InChI=1S/C21H44N6/c1-4-20-10-6-8-14-27(20)15-12-24-21(22-5-2)23-11-7-9-13-26-18-16-25(3)17-19-26/h20H,4-19H2,1-3H3,(H2,22,23,24). The summed E-state index contributed by atoms with van der Waals surface area (Å²) in [6, 6.07) is 0.787. The Morgan fingerprint density at radius 2 is 1.78 bits per heavy atom. The summed E-state index contributed by atoms with van der Waals surface area (Å²) >= 11 is 0. The highest BCUT2D eigenvalue weighted by Crippen LogP contribution is 2.18. The van der Waals surface area contributed by atoms with Gasteiger partial charge in [-0.3, -0.25) is 9.89 Å². The average molecular weight is 381 g/mol. The molecule has 0 aromatic rings. The number of aliphatic imine (C=N–C) groups is 1. The normalized spacial score (nSPS) is 23.5. The third-order valence-electron chi connectivity index (χ3n) is 6.00. The van der Waals surface area contributed by atoms with Gasteiger partial charge in [-0.05, 0) is 59.2 Å². The third-order valence-corrected chi connectivity index (χ3v) is 6.00. The quantitative estimate of drug-likeness (QED) is 0.344. The molecule has 158 valence electrons. The molecule has 2 aliphatic heterocycles. The van der Waals surface area contributed by atoms with E-state index in [1.165, 1.54) is 77.8 Å². The zero-order valence-electron chi connectivity index (χ0n) is 18.2. The van der Waals surface area contributed by atoms with E-state index >= 15 is 0 Å². The number of hydrogen-bond acceptors (Lipinski definition) is 4. The van der Waals surface area contributed by atoms with Gasteiger partial charge in [0.25, 0.3) is 0 Å². The van der Waals surface area contributed by atoms with Crippen molar-refractivity contribution in [2.45, 2.75) is 58.4 Å². The molecule has 0 aliphatic carbocycles. The Hall–Kier alpha value is -0.850. The lowest BCUT2D eigenvalue weighted by Crippen LogP contribution is -2.46. The lowest BCUT2D eigenvalue weighted by molar-refractivity contribution is 0.147. The molecule has 2 N–H and O–H groups in total. The number of hydrogen-bond donors (Lipinski definition) is 2. The minimum atomic E-state index is 0.787. The number of piperazine rings is 1. The van der Waals surface area contributed by atoms with E-state index in [1.807, 2.05) is 0 Å². The van der Waals surface area contributed by atoms with Crippen molar-refractivity contribution < 1.29 is 0 Å². The van der Waals surface area contributed by atoms with Gasteiger partial charge in [-0.1, -0.05) is 13.3 Å². The number of likely N-dealkylation sites (N-methyl/N-ethyl adjacent to an activating group) is 1. The molecule has 0 bridgehead atoms. The van der Waals surface area contributed by atoms with Crippen molar-refractivity contribution in [3.8, 4) is 0 Å². The Balaban J connectivity index is 1.60. The van der Waals surface area contributed by atoms with E-state index in [2.05, 4.69) is 46.2 Å². The Labute approximate surface area is 167 Å². The Morgan fingerprint density at radius 1 is 0.963 bits per heavy atom. The van der Waals surface area contributed by atoms with Crippen LogP contribution in [0.4, 0.5) is 0 Å². The smallest absolute Gasteiger partial charge is 0.191 e. The van der Waals surface area contributed by atoms with Crippen LogP contribution in [0.1, 0.15) is 52.4 Å². The second kappa shape index (κ2) is 13.3. The molecule has 0 spiro atoms. The van der Waals surface area contributed by atoms with E-state index in [-0.39, 0.29) is 0 Å². The van der Waals surface area contributed by atoms with Crippen LogP contribution in [0.5, 0.6) is 0 Å². The summed E-state index contributed by atoms with van der Waals surface area (Å²) < 4.78 is 0. The lowest BCUT2D eigenvalue weighted by atomic mass is 10.0. The largest absolute Gasteiger partial charge is 0.357 e. The minimum Gasteiger partial charge on any atom is -0.357 e. The van der Waals surface area contributed by atoms with Crippen molar-refractivity contribution in [3.05, 3.63) is 0 Å². The lowest BCUT2D eigenvalue weighted by Gasteiger charge is -2.35. The average Bonchev–Trinajstić information content (AvgIpc) is 2.69. The first-order chi connectivity index (χ1) is 13.2. The van der Waals surface area contributed by atoms with E-state index in [9.17, 15) is 0 Å². The van der Waals surface area contributed by atoms with Crippen LogP contribution in [-0.2, 0) is 0 Å². The summed E-state index contributed by atoms with van der Waals surface area (Å²) in [6.07, 6.45) is 7.84. The number of rotatable bonds is 10. The second-order valence-electron chi connectivity index (χ2n) is 8.13. The van der Waals surface area contributed by atoms with Gasteiger partial charge in [-0.25, -0.2) is 0 Å². The molecule has 27 heavy (non-hydrogen) atoms. The molecule has 0 amide bonds. The van der Waals surface area contributed by atoms with Gasteiger partial charge in [0.05, 0.1) is 0 Å². The van der Waals surface area contributed by atoms with Gasteiger partial charge in [-0.15, -0.1) is 0 Å². The van der Waals surface area contributed by atoms with Gasteiger partial charge in [-0.2, -0.15) is 0 Å². The van der Waals surface area contributed by atoms with Crippen molar-refractivity contribution in [2.75, 3.05) is 72.5 Å². The van der Waals surface area contributed by atoms with E-state index < -0.39 is 0 Å². The predicted molar refractivity (Wildman–Crippen MR) is 117 cm³/mol. The van der Waals surface area contributed by atoms with Crippen LogP contribution in [0, 0.1) is 0 Å². The number of nitrogens with one attached hydrogen (secondary N) is 2. The van der Waals surface area contributed by atoms with Gasteiger partial charge < -0.3 is 20.4 Å². The van der Waals surface area contributed by atoms with E-state index in [0.29, 0.717) is 0 Å². The molecule has 6 nitrogen and oxygen atoms in total. The molecule has 1 atom stereocenters. The summed E-state index contributed by atoms with van der Waals surface area (Å²) in [5.41, 5.74) is 0. The molecule has 0 aromatic carbocycles. The van der Waals surface area contributed by atoms with Crippen molar-refractivity contribution in [1.82, 2.24) is 25.3 Å². The maximum Gasteiger partial charge on any atom is 0.191 e. The number of nitrogens with zero attached hydrogens (tertiary/aromatic N) is 4. The van der Waals surface area contributed by atoms with Crippen molar-refractivity contribution in [2.24, 2.45) is 4.99 Å². The molecule has 2 aliphatic rings. The van der Waals surface area contributed by atoms with Crippen LogP contribution in [0.25, 0.3) is 0 Å².